The average molecular weight is 295 g/mol. The first-order chi connectivity index (χ1) is 8.92. The number of carbonyl (C=O) groups is 1. The Morgan fingerprint density at radius 2 is 2.05 bits per heavy atom. The van der Waals surface area contributed by atoms with E-state index in [0.29, 0.717) is 0 Å². The smallest absolute Gasteiger partial charge is 0.403 e. The Morgan fingerprint density at radius 3 is 2.42 bits per heavy atom. The predicted molar refractivity (Wildman–Crippen MR) is 65.3 cm³/mol. The Bertz CT molecular complexity index is 376. The summed E-state index contributed by atoms with van der Waals surface area (Å²) >= 11 is 0. The third-order valence-electron chi connectivity index (χ3n) is 2.71. The number of ether oxygens (including phenoxy) is 1. The molecule has 110 valence electrons. The number of nitro groups is 1. The molecule has 0 spiro atoms. The van der Waals surface area contributed by atoms with Crippen molar-refractivity contribution in [1.82, 2.24) is 0 Å². The highest BCUT2D eigenvalue weighted by atomic mass is 31.2. The van der Waals surface area contributed by atoms with Crippen LogP contribution in [0, 0.1) is 16.0 Å². The minimum Gasteiger partial charge on any atom is -0.465 e. The minimum absolute atomic E-state index is 0.0573. The van der Waals surface area contributed by atoms with Crippen LogP contribution in [0.1, 0.15) is 26.7 Å². The minimum atomic E-state index is -3.82. The van der Waals surface area contributed by atoms with Gasteiger partial charge in [0, 0.05) is 17.3 Å². The molecule has 1 fully saturated rings. The Morgan fingerprint density at radius 1 is 1.47 bits per heavy atom. The molecule has 0 saturated carbocycles. The summed E-state index contributed by atoms with van der Waals surface area (Å²) in [5, 5.41) is 11.1. The normalized spacial score (nSPS) is 21.2. The van der Waals surface area contributed by atoms with E-state index in [1.165, 1.54) is 0 Å². The molecule has 0 aliphatic carbocycles. The summed E-state index contributed by atoms with van der Waals surface area (Å²) in [6.07, 6.45) is 0.0403. The summed E-state index contributed by atoms with van der Waals surface area (Å²) in [5.41, 5.74) is 0. The lowest BCUT2D eigenvalue weighted by Crippen LogP contribution is -2.26. The Labute approximate surface area is 111 Å². The van der Waals surface area contributed by atoms with Crippen LogP contribution in [0.5, 0.6) is 0 Å². The largest absolute Gasteiger partial charge is 0.465 e. The molecule has 19 heavy (non-hydrogen) atoms. The van der Waals surface area contributed by atoms with Crippen molar-refractivity contribution in [2.45, 2.75) is 32.5 Å². The SMILES string of the molecule is CCOP(=O)(OCC)C(CC1COC(=O)C1)[N+](=O)[O-]. The maximum Gasteiger partial charge on any atom is 0.403 e. The highest BCUT2D eigenvalue weighted by molar-refractivity contribution is 7.54. The molecular formula is C10H18NO7P. The fraction of sp³-hybridized carbons (Fsp3) is 0.900. The van der Waals surface area contributed by atoms with Crippen LogP contribution >= 0.6 is 7.60 Å². The van der Waals surface area contributed by atoms with E-state index in [1.54, 1.807) is 13.8 Å². The van der Waals surface area contributed by atoms with Gasteiger partial charge >= 0.3 is 19.3 Å². The summed E-state index contributed by atoms with van der Waals surface area (Å²) in [6.45, 7) is 3.40. The van der Waals surface area contributed by atoms with E-state index in [9.17, 15) is 19.5 Å². The average Bonchev–Trinajstić information content (AvgIpc) is 2.72. The van der Waals surface area contributed by atoms with Crippen molar-refractivity contribution in [2.75, 3.05) is 19.8 Å². The molecule has 0 aromatic rings. The number of cyclic esters (lactones) is 1. The molecule has 8 nitrogen and oxygen atoms in total. The first-order valence-electron chi connectivity index (χ1n) is 6.10. The van der Waals surface area contributed by atoms with E-state index in [4.69, 9.17) is 13.8 Å². The van der Waals surface area contributed by atoms with Crippen molar-refractivity contribution >= 4 is 13.6 Å². The lowest BCUT2D eigenvalue weighted by atomic mass is 10.1. The van der Waals surface area contributed by atoms with Crippen LogP contribution in [0.4, 0.5) is 0 Å². The van der Waals surface area contributed by atoms with E-state index in [2.05, 4.69) is 0 Å². The molecule has 0 aromatic carbocycles. The van der Waals surface area contributed by atoms with E-state index in [1.807, 2.05) is 0 Å². The number of carbonyl (C=O) groups excluding carboxylic acids is 1. The zero-order valence-corrected chi connectivity index (χ0v) is 11.8. The van der Waals surface area contributed by atoms with Crippen LogP contribution in [-0.4, -0.2) is 36.5 Å². The highest BCUT2D eigenvalue weighted by Gasteiger charge is 2.47. The third kappa shape index (κ3) is 4.26. The lowest BCUT2D eigenvalue weighted by Gasteiger charge is -2.21. The van der Waals surface area contributed by atoms with Gasteiger partial charge in [0.1, 0.15) is 0 Å². The molecule has 1 aliphatic rings. The van der Waals surface area contributed by atoms with Crippen molar-refractivity contribution < 1.29 is 28.1 Å². The van der Waals surface area contributed by atoms with Gasteiger partial charge in [0.2, 0.25) is 0 Å². The Balaban J connectivity index is 2.82. The number of rotatable bonds is 8. The third-order valence-corrected chi connectivity index (χ3v) is 5.07. The molecular weight excluding hydrogens is 277 g/mol. The number of nitrogens with zero attached hydrogens (tertiary/aromatic N) is 1. The van der Waals surface area contributed by atoms with Gasteiger partial charge in [-0.25, -0.2) is 0 Å². The van der Waals surface area contributed by atoms with Crippen molar-refractivity contribution in [2.24, 2.45) is 5.92 Å². The first-order valence-corrected chi connectivity index (χ1v) is 7.72. The molecule has 2 unspecified atom stereocenters. The van der Waals surface area contributed by atoms with E-state index >= 15 is 0 Å². The van der Waals surface area contributed by atoms with Gasteiger partial charge in [0.15, 0.2) is 0 Å². The molecule has 0 N–H and O–H groups in total. The molecule has 1 rings (SSSR count). The van der Waals surface area contributed by atoms with Gasteiger partial charge < -0.3 is 13.8 Å². The van der Waals surface area contributed by atoms with Gasteiger partial charge in [0.05, 0.1) is 26.2 Å². The highest BCUT2D eigenvalue weighted by Crippen LogP contribution is 2.55. The number of hydrogen-bond acceptors (Lipinski definition) is 7. The molecule has 2 atom stereocenters. The standard InChI is InChI=1S/C10H18NO7P/c1-3-17-19(15,18-4-2)9(11(13)14)5-8-6-10(12)16-7-8/h8-9H,3-7H2,1-2H3. The van der Waals surface area contributed by atoms with E-state index < -0.39 is 24.3 Å². The maximum atomic E-state index is 12.4. The predicted octanol–water partition coefficient (Wildman–Crippen LogP) is 1.81. The zero-order valence-electron chi connectivity index (χ0n) is 10.9. The summed E-state index contributed by atoms with van der Waals surface area (Å²) in [5.74, 6) is -2.18. The van der Waals surface area contributed by atoms with Crippen LogP contribution in [-0.2, 0) is 23.1 Å². The van der Waals surface area contributed by atoms with Crippen molar-refractivity contribution in [3.63, 3.8) is 0 Å². The number of esters is 1. The topological polar surface area (TPSA) is 105 Å². The fourth-order valence-electron chi connectivity index (χ4n) is 1.91. The fourth-order valence-corrected chi connectivity index (χ4v) is 3.84. The lowest BCUT2D eigenvalue weighted by molar-refractivity contribution is -0.503. The van der Waals surface area contributed by atoms with Crippen LogP contribution < -0.4 is 0 Å². The van der Waals surface area contributed by atoms with Gasteiger partial charge in [-0.15, -0.1) is 0 Å². The number of hydrogen-bond donors (Lipinski definition) is 0. The van der Waals surface area contributed by atoms with Gasteiger partial charge in [-0.05, 0) is 13.8 Å². The molecule has 0 radical (unpaired) electrons. The molecule has 0 bridgehead atoms. The maximum absolute atomic E-state index is 12.4. The Hall–Kier alpha value is -0.980. The zero-order chi connectivity index (χ0) is 14.5. The molecule has 0 amide bonds. The van der Waals surface area contributed by atoms with Crippen molar-refractivity contribution in [3.05, 3.63) is 10.1 Å². The van der Waals surface area contributed by atoms with Crippen LogP contribution in [0.15, 0.2) is 0 Å². The van der Waals surface area contributed by atoms with Gasteiger partial charge in [-0.2, -0.15) is 0 Å². The van der Waals surface area contributed by atoms with Gasteiger partial charge in [0.25, 0.3) is 0 Å². The molecule has 9 heteroatoms. The van der Waals surface area contributed by atoms with Gasteiger partial charge in [-0.3, -0.25) is 19.5 Å². The quantitative estimate of drug-likeness (QED) is 0.291. The molecule has 1 aliphatic heterocycles. The second-order valence-corrected chi connectivity index (χ2v) is 6.32. The van der Waals surface area contributed by atoms with Crippen LogP contribution in [0.25, 0.3) is 0 Å². The van der Waals surface area contributed by atoms with E-state index in [-0.39, 0.29) is 38.6 Å². The first kappa shape index (κ1) is 16.1. The monoisotopic (exact) mass is 295 g/mol. The second-order valence-electron chi connectivity index (χ2n) is 4.13. The van der Waals surface area contributed by atoms with Crippen molar-refractivity contribution in [1.29, 1.82) is 0 Å². The summed E-state index contributed by atoms with van der Waals surface area (Å²) < 4.78 is 27.2. The molecule has 1 heterocycles. The summed E-state index contributed by atoms with van der Waals surface area (Å²) in [4.78, 5) is 21.4. The second kappa shape index (κ2) is 6.98. The van der Waals surface area contributed by atoms with E-state index in [0.717, 1.165) is 0 Å². The summed E-state index contributed by atoms with van der Waals surface area (Å²) in [6, 6.07) is 0. The van der Waals surface area contributed by atoms with Crippen LogP contribution in [0.2, 0.25) is 0 Å². The molecule has 0 aromatic heterocycles. The molecule has 1 saturated heterocycles. The van der Waals surface area contributed by atoms with Crippen LogP contribution in [0.3, 0.4) is 0 Å². The Kier molecular flexibility index (Phi) is 5.90. The van der Waals surface area contributed by atoms with Crippen molar-refractivity contribution in [3.8, 4) is 0 Å². The van der Waals surface area contributed by atoms with Gasteiger partial charge in [-0.1, -0.05) is 0 Å². The summed E-state index contributed by atoms with van der Waals surface area (Å²) in [7, 11) is -3.82.